The highest BCUT2D eigenvalue weighted by Crippen LogP contribution is 2.39. The second-order valence-electron chi connectivity index (χ2n) is 4.66. The van der Waals surface area contributed by atoms with E-state index < -0.39 is 0 Å². The van der Waals surface area contributed by atoms with E-state index in [1.165, 1.54) is 42.8 Å². The van der Waals surface area contributed by atoms with E-state index in [0.29, 0.717) is 0 Å². The van der Waals surface area contributed by atoms with Crippen LogP contribution in [0.5, 0.6) is 0 Å². The maximum Gasteiger partial charge on any atom is 0.127 e. The highest BCUT2D eigenvalue weighted by Gasteiger charge is 2.34. The second kappa shape index (κ2) is 2.75. The zero-order valence-electron chi connectivity index (χ0n) is 8.88. The van der Waals surface area contributed by atoms with Crippen molar-refractivity contribution in [2.45, 2.75) is 38.6 Å². The first-order valence-electron chi connectivity index (χ1n) is 5.54. The van der Waals surface area contributed by atoms with Crippen molar-refractivity contribution in [3.63, 3.8) is 0 Å². The Kier molecular flexibility index (Phi) is 1.64. The summed E-state index contributed by atoms with van der Waals surface area (Å²) in [4.78, 5) is 0. The van der Waals surface area contributed by atoms with E-state index >= 15 is 0 Å². The standard InChI is InChI=1S/C11H17N3/c1-7-9-5-6-10(8-3-4-8)12-11(9)14(2)13-7/h8,10,12H,3-6H2,1-2H3. The molecule has 0 radical (unpaired) electrons. The van der Waals surface area contributed by atoms with Crippen LogP contribution in [0.2, 0.25) is 0 Å². The summed E-state index contributed by atoms with van der Waals surface area (Å²) in [7, 11) is 2.04. The number of hydrogen-bond acceptors (Lipinski definition) is 2. The summed E-state index contributed by atoms with van der Waals surface area (Å²) in [5.41, 5.74) is 2.63. The lowest BCUT2D eigenvalue weighted by Crippen LogP contribution is -2.28. The lowest BCUT2D eigenvalue weighted by atomic mass is 9.97. The first kappa shape index (κ1) is 8.33. The van der Waals surface area contributed by atoms with E-state index in [9.17, 15) is 0 Å². The van der Waals surface area contributed by atoms with Crippen molar-refractivity contribution in [3.05, 3.63) is 11.3 Å². The zero-order chi connectivity index (χ0) is 9.71. The van der Waals surface area contributed by atoms with E-state index in [-0.39, 0.29) is 0 Å². The Hall–Kier alpha value is -0.990. The van der Waals surface area contributed by atoms with E-state index in [1.54, 1.807) is 0 Å². The van der Waals surface area contributed by atoms with Gasteiger partial charge in [0.15, 0.2) is 0 Å². The quantitative estimate of drug-likeness (QED) is 0.734. The van der Waals surface area contributed by atoms with Crippen molar-refractivity contribution < 1.29 is 0 Å². The Bertz CT molecular complexity index is 363. The molecule has 3 rings (SSSR count). The summed E-state index contributed by atoms with van der Waals surface area (Å²) in [6.07, 6.45) is 5.35. The lowest BCUT2D eigenvalue weighted by Gasteiger charge is -2.25. The molecule has 2 heterocycles. The Morgan fingerprint density at radius 2 is 2.14 bits per heavy atom. The van der Waals surface area contributed by atoms with Crippen molar-refractivity contribution in [1.29, 1.82) is 0 Å². The Balaban J connectivity index is 1.92. The lowest BCUT2D eigenvalue weighted by molar-refractivity contribution is 0.560. The number of anilines is 1. The summed E-state index contributed by atoms with van der Waals surface area (Å²) >= 11 is 0. The summed E-state index contributed by atoms with van der Waals surface area (Å²) in [6, 6.07) is 0.720. The third-order valence-corrected chi connectivity index (χ3v) is 3.56. The van der Waals surface area contributed by atoms with Crippen LogP contribution in [0.15, 0.2) is 0 Å². The van der Waals surface area contributed by atoms with Crippen LogP contribution in [0, 0.1) is 12.8 Å². The molecule has 1 saturated carbocycles. The van der Waals surface area contributed by atoms with E-state index in [1.807, 2.05) is 11.7 Å². The summed E-state index contributed by atoms with van der Waals surface area (Å²) in [6.45, 7) is 2.11. The molecule has 1 atom stereocenters. The molecule has 0 spiro atoms. The van der Waals surface area contributed by atoms with Crippen LogP contribution in [-0.4, -0.2) is 15.8 Å². The van der Waals surface area contributed by atoms with Crippen LogP contribution in [0.4, 0.5) is 5.82 Å². The second-order valence-corrected chi connectivity index (χ2v) is 4.66. The zero-order valence-corrected chi connectivity index (χ0v) is 8.88. The van der Waals surface area contributed by atoms with Crippen LogP contribution in [0.1, 0.15) is 30.5 Å². The van der Waals surface area contributed by atoms with Crippen molar-refractivity contribution in [3.8, 4) is 0 Å². The molecule has 1 fully saturated rings. The van der Waals surface area contributed by atoms with Gasteiger partial charge in [-0.25, -0.2) is 0 Å². The van der Waals surface area contributed by atoms with Gasteiger partial charge >= 0.3 is 0 Å². The van der Waals surface area contributed by atoms with Crippen LogP contribution in [0.25, 0.3) is 0 Å². The maximum atomic E-state index is 4.46. The van der Waals surface area contributed by atoms with Crippen LogP contribution >= 0.6 is 0 Å². The smallest absolute Gasteiger partial charge is 0.127 e. The molecule has 1 N–H and O–H groups in total. The van der Waals surface area contributed by atoms with Gasteiger partial charge < -0.3 is 5.32 Å². The molecule has 0 bridgehead atoms. The van der Waals surface area contributed by atoms with Gasteiger partial charge in [-0.3, -0.25) is 4.68 Å². The van der Waals surface area contributed by atoms with Gasteiger partial charge in [-0.15, -0.1) is 0 Å². The first-order valence-corrected chi connectivity index (χ1v) is 5.54. The van der Waals surface area contributed by atoms with Crippen molar-refractivity contribution >= 4 is 5.82 Å². The number of aromatic nitrogens is 2. The molecule has 0 amide bonds. The van der Waals surface area contributed by atoms with Gasteiger partial charge in [-0.2, -0.15) is 5.10 Å². The van der Waals surface area contributed by atoms with Gasteiger partial charge in [0.05, 0.1) is 5.69 Å². The summed E-state index contributed by atoms with van der Waals surface area (Å²) in [5, 5.41) is 8.11. The SMILES string of the molecule is Cc1nn(C)c2c1CCC(C1CC1)N2. The molecular weight excluding hydrogens is 174 g/mol. The Morgan fingerprint density at radius 1 is 1.36 bits per heavy atom. The van der Waals surface area contributed by atoms with Crippen molar-refractivity contribution in [2.24, 2.45) is 13.0 Å². The number of hydrogen-bond donors (Lipinski definition) is 1. The van der Waals surface area contributed by atoms with E-state index in [2.05, 4.69) is 17.3 Å². The molecule has 1 unspecified atom stereocenters. The molecule has 3 heteroatoms. The Labute approximate surface area is 84.5 Å². The monoisotopic (exact) mass is 191 g/mol. The fourth-order valence-corrected chi connectivity index (χ4v) is 2.58. The minimum Gasteiger partial charge on any atom is -0.367 e. The third kappa shape index (κ3) is 1.15. The molecule has 14 heavy (non-hydrogen) atoms. The van der Waals surface area contributed by atoms with Gasteiger partial charge in [0.2, 0.25) is 0 Å². The summed E-state index contributed by atoms with van der Waals surface area (Å²) < 4.78 is 2.00. The van der Waals surface area contributed by atoms with Crippen LogP contribution in [0.3, 0.4) is 0 Å². The molecule has 76 valence electrons. The minimum atomic E-state index is 0.720. The fraction of sp³-hybridized carbons (Fsp3) is 0.727. The predicted molar refractivity (Wildman–Crippen MR) is 56.4 cm³/mol. The topological polar surface area (TPSA) is 29.9 Å². The average molecular weight is 191 g/mol. The molecule has 1 aromatic rings. The van der Waals surface area contributed by atoms with Gasteiger partial charge in [0.25, 0.3) is 0 Å². The molecule has 0 aromatic carbocycles. The predicted octanol–water partition coefficient (Wildman–Crippen LogP) is 1.87. The largest absolute Gasteiger partial charge is 0.367 e. The number of nitrogens with zero attached hydrogens (tertiary/aromatic N) is 2. The average Bonchev–Trinajstić information content (AvgIpc) is 2.96. The molecule has 1 aromatic heterocycles. The minimum absolute atomic E-state index is 0.720. The normalized spacial score (nSPS) is 25.7. The Morgan fingerprint density at radius 3 is 2.86 bits per heavy atom. The molecule has 2 aliphatic rings. The van der Waals surface area contributed by atoms with Gasteiger partial charge in [-0.1, -0.05) is 0 Å². The third-order valence-electron chi connectivity index (χ3n) is 3.56. The molecule has 1 aliphatic heterocycles. The highest BCUT2D eigenvalue weighted by molar-refractivity contribution is 5.50. The van der Waals surface area contributed by atoms with Gasteiger partial charge in [0.1, 0.15) is 5.82 Å². The number of aryl methyl sites for hydroxylation is 2. The summed E-state index contributed by atoms with van der Waals surface area (Å²) in [5.74, 6) is 2.21. The number of rotatable bonds is 1. The first-order chi connectivity index (χ1) is 6.75. The van der Waals surface area contributed by atoms with Gasteiger partial charge in [0, 0.05) is 18.7 Å². The van der Waals surface area contributed by atoms with Crippen molar-refractivity contribution in [2.75, 3.05) is 5.32 Å². The van der Waals surface area contributed by atoms with E-state index in [0.717, 1.165) is 12.0 Å². The maximum absolute atomic E-state index is 4.46. The van der Waals surface area contributed by atoms with Crippen molar-refractivity contribution in [1.82, 2.24) is 9.78 Å². The molecular formula is C11H17N3. The van der Waals surface area contributed by atoms with Gasteiger partial charge in [-0.05, 0) is 38.5 Å². The van der Waals surface area contributed by atoms with E-state index in [4.69, 9.17) is 0 Å². The molecule has 1 aliphatic carbocycles. The van der Waals surface area contributed by atoms with Crippen LogP contribution in [-0.2, 0) is 13.5 Å². The van der Waals surface area contributed by atoms with Crippen LogP contribution < -0.4 is 5.32 Å². The number of nitrogens with one attached hydrogen (secondary N) is 1. The molecule has 0 saturated heterocycles. The number of fused-ring (bicyclic) bond motifs is 1. The fourth-order valence-electron chi connectivity index (χ4n) is 2.58. The molecule has 3 nitrogen and oxygen atoms in total. The highest BCUT2D eigenvalue weighted by atomic mass is 15.3.